The minimum atomic E-state index is 0.635. The van der Waals surface area contributed by atoms with Gasteiger partial charge in [-0.1, -0.05) is 18.5 Å². The maximum Gasteiger partial charge on any atom is 0.0621 e. The molecular weight excluding hydrogens is 232 g/mol. The molecule has 1 saturated carbocycles. The summed E-state index contributed by atoms with van der Waals surface area (Å²) < 4.78 is 0. The number of pyridine rings is 1. The fraction of sp³-hybridized carbons (Fsp3) is 0.643. The zero-order chi connectivity index (χ0) is 12.3. The lowest BCUT2D eigenvalue weighted by atomic mass is 9.76. The lowest BCUT2D eigenvalue weighted by molar-refractivity contribution is 0.220. The monoisotopic (exact) mass is 252 g/mol. The molecule has 0 bridgehead atoms. The molecule has 0 amide bonds. The van der Waals surface area contributed by atoms with Gasteiger partial charge < -0.3 is 5.32 Å². The van der Waals surface area contributed by atoms with Crippen LogP contribution in [0.2, 0.25) is 5.02 Å². The number of aromatic nitrogens is 1. The van der Waals surface area contributed by atoms with Crippen LogP contribution in [-0.4, -0.2) is 18.1 Å². The third-order valence-electron chi connectivity index (χ3n) is 3.95. The SMILES string of the molecule is CNC1CCC(C)CC1Cc1ccncc1Cl. The molecule has 0 radical (unpaired) electrons. The van der Waals surface area contributed by atoms with E-state index in [4.69, 9.17) is 11.6 Å². The minimum absolute atomic E-state index is 0.635. The number of rotatable bonds is 3. The summed E-state index contributed by atoms with van der Waals surface area (Å²) in [5.74, 6) is 1.54. The Morgan fingerprint density at radius 2 is 2.29 bits per heavy atom. The molecule has 3 heteroatoms. The van der Waals surface area contributed by atoms with Crippen LogP contribution in [0.15, 0.2) is 18.5 Å². The van der Waals surface area contributed by atoms with E-state index in [1.165, 1.54) is 24.8 Å². The topological polar surface area (TPSA) is 24.9 Å². The first kappa shape index (κ1) is 12.8. The maximum absolute atomic E-state index is 6.19. The van der Waals surface area contributed by atoms with Gasteiger partial charge in [-0.2, -0.15) is 0 Å². The van der Waals surface area contributed by atoms with Crippen molar-refractivity contribution < 1.29 is 0 Å². The van der Waals surface area contributed by atoms with Crippen molar-refractivity contribution in [2.24, 2.45) is 11.8 Å². The van der Waals surface area contributed by atoms with Gasteiger partial charge in [0, 0.05) is 18.4 Å². The summed E-state index contributed by atoms with van der Waals surface area (Å²) in [5, 5.41) is 4.26. The van der Waals surface area contributed by atoms with Crippen LogP contribution in [0.1, 0.15) is 31.7 Å². The first-order valence-corrected chi connectivity index (χ1v) is 6.84. The van der Waals surface area contributed by atoms with Crippen molar-refractivity contribution in [3.63, 3.8) is 0 Å². The van der Waals surface area contributed by atoms with E-state index < -0.39 is 0 Å². The van der Waals surface area contributed by atoms with E-state index in [9.17, 15) is 0 Å². The summed E-state index contributed by atoms with van der Waals surface area (Å²) >= 11 is 6.19. The van der Waals surface area contributed by atoms with Crippen LogP contribution in [0.4, 0.5) is 0 Å². The number of halogens is 1. The second kappa shape index (κ2) is 5.83. The molecule has 0 spiro atoms. The van der Waals surface area contributed by atoms with Crippen molar-refractivity contribution in [1.29, 1.82) is 0 Å². The molecule has 1 aliphatic carbocycles. The van der Waals surface area contributed by atoms with Gasteiger partial charge in [0.25, 0.3) is 0 Å². The highest BCUT2D eigenvalue weighted by atomic mass is 35.5. The van der Waals surface area contributed by atoms with Gasteiger partial charge in [0.15, 0.2) is 0 Å². The molecule has 3 atom stereocenters. The summed E-state index contributed by atoms with van der Waals surface area (Å²) in [6.45, 7) is 2.35. The van der Waals surface area contributed by atoms with Gasteiger partial charge in [0.2, 0.25) is 0 Å². The van der Waals surface area contributed by atoms with E-state index in [1.54, 1.807) is 6.20 Å². The molecule has 17 heavy (non-hydrogen) atoms. The average Bonchev–Trinajstić information content (AvgIpc) is 2.32. The summed E-state index contributed by atoms with van der Waals surface area (Å²) in [6, 6.07) is 2.68. The fourth-order valence-corrected chi connectivity index (χ4v) is 3.15. The molecule has 2 rings (SSSR count). The molecule has 0 aliphatic heterocycles. The molecule has 0 aromatic carbocycles. The molecule has 2 nitrogen and oxygen atoms in total. The summed E-state index contributed by atoms with van der Waals surface area (Å²) in [4.78, 5) is 4.04. The van der Waals surface area contributed by atoms with Crippen LogP contribution < -0.4 is 5.32 Å². The van der Waals surface area contributed by atoms with Gasteiger partial charge in [0.05, 0.1) is 5.02 Å². The largest absolute Gasteiger partial charge is 0.317 e. The van der Waals surface area contributed by atoms with Gasteiger partial charge in [-0.25, -0.2) is 0 Å². The summed E-state index contributed by atoms with van der Waals surface area (Å²) in [7, 11) is 2.07. The quantitative estimate of drug-likeness (QED) is 0.893. The predicted molar refractivity (Wildman–Crippen MR) is 72.3 cm³/mol. The average molecular weight is 253 g/mol. The Hall–Kier alpha value is -0.600. The minimum Gasteiger partial charge on any atom is -0.317 e. The first-order chi connectivity index (χ1) is 8.20. The van der Waals surface area contributed by atoms with Crippen LogP contribution in [0.25, 0.3) is 0 Å². The molecule has 1 aliphatic rings. The van der Waals surface area contributed by atoms with E-state index in [1.807, 2.05) is 12.3 Å². The highest BCUT2D eigenvalue weighted by molar-refractivity contribution is 6.31. The maximum atomic E-state index is 6.19. The van der Waals surface area contributed by atoms with E-state index in [0.29, 0.717) is 12.0 Å². The van der Waals surface area contributed by atoms with Crippen molar-refractivity contribution >= 4 is 11.6 Å². The predicted octanol–water partition coefficient (Wildman–Crippen LogP) is 3.30. The number of nitrogens with one attached hydrogen (secondary N) is 1. The molecule has 1 fully saturated rings. The van der Waals surface area contributed by atoms with E-state index in [0.717, 1.165) is 17.4 Å². The highest BCUT2D eigenvalue weighted by Gasteiger charge is 2.27. The Morgan fingerprint density at radius 1 is 1.47 bits per heavy atom. The zero-order valence-electron chi connectivity index (χ0n) is 10.6. The molecule has 1 N–H and O–H groups in total. The first-order valence-electron chi connectivity index (χ1n) is 6.46. The van der Waals surface area contributed by atoms with Gasteiger partial charge in [-0.3, -0.25) is 4.98 Å². The second-order valence-corrected chi connectivity index (χ2v) is 5.65. The molecule has 3 unspecified atom stereocenters. The van der Waals surface area contributed by atoms with E-state index in [2.05, 4.69) is 24.3 Å². The van der Waals surface area contributed by atoms with Crippen LogP contribution >= 0.6 is 11.6 Å². The van der Waals surface area contributed by atoms with Crippen molar-refractivity contribution in [2.75, 3.05) is 7.05 Å². The van der Waals surface area contributed by atoms with Gasteiger partial charge in [-0.15, -0.1) is 0 Å². The zero-order valence-corrected chi connectivity index (χ0v) is 11.4. The third kappa shape index (κ3) is 3.20. The fourth-order valence-electron chi connectivity index (χ4n) is 2.96. The molecule has 1 heterocycles. The van der Waals surface area contributed by atoms with Crippen molar-refractivity contribution in [2.45, 2.75) is 38.6 Å². The van der Waals surface area contributed by atoms with Gasteiger partial charge in [0.1, 0.15) is 0 Å². The normalized spacial score (nSPS) is 29.2. The molecule has 0 saturated heterocycles. The molecule has 1 aromatic heterocycles. The van der Waals surface area contributed by atoms with Crippen molar-refractivity contribution in [1.82, 2.24) is 10.3 Å². The van der Waals surface area contributed by atoms with E-state index >= 15 is 0 Å². The number of hydrogen-bond acceptors (Lipinski definition) is 2. The number of nitrogens with zero attached hydrogens (tertiary/aromatic N) is 1. The smallest absolute Gasteiger partial charge is 0.0621 e. The standard InChI is InChI=1S/C14H21ClN2/c1-10-3-4-14(16-2)12(7-10)8-11-5-6-17-9-13(11)15/h5-6,9-10,12,14,16H,3-4,7-8H2,1-2H3. The third-order valence-corrected chi connectivity index (χ3v) is 4.29. The Labute approximate surface area is 109 Å². The lowest BCUT2D eigenvalue weighted by Gasteiger charge is -2.35. The summed E-state index contributed by atoms with van der Waals surface area (Å²) in [6.07, 6.45) is 8.57. The second-order valence-electron chi connectivity index (χ2n) is 5.24. The Bertz CT molecular complexity index is 367. The van der Waals surface area contributed by atoms with Crippen molar-refractivity contribution in [3.05, 3.63) is 29.0 Å². The van der Waals surface area contributed by atoms with Crippen molar-refractivity contribution in [3.8, 4) is 0 Å². The lowest BCUT2D eigenvalue weighted by Crippen LogP contribution is -2.39. The van der Waals surface area contributed by atoms with Crippen LogP contribution in [0.3, 0.4) is 0 Å². The van der Waals surface area contributed by atoms with Gasteiger partial charge in [-0.05, 0) is 56.2 Å². The molecule has 1 aromatic rings. The number of hydrogen-bond donors (Lipinski definition) is 1. The van der Waals surface area contributed by atoms with Gasteiger partial charge >= 0.3 is 0 Å². The summed E-state index contributed by atoms with van der Waals surface area (Å²) in [5.41, 5.74) is 1.24. The Kier molecular flexibility index (Phi) is 4.41. The molecular formula is C14H21ClN2. The van der Waals surface area contributed by atoms with Crippen LogP contribution in [0, 0.1) is 11.8 Å². The van der Waals surface area contributed by atoms with Crippen LogP contribution in [0.5, 0.6) is 0 Å². The van der Waals surface area contributed by atoms with E-state index in [-0.39, 0.29) is 0 Å². The molecule has 94 valence electrons. The highest BCUT2D eigenvalue weighted by Crippen LogP contribution is 2.32. The Balaban J connectivity index is 2.07. The Morgan fingerprint density at radius 3 is 3.00 bits per heavy atom. The van der Waals surface area contributed by atoms with Crippen LogP contribution in [-0.2, 0) is 6.42 Å².